The molecule has 6 nitrogen and oxygen atoms in total. The maximum Gasteiger partial charge on any atom is 0.305 e. The Morgan fingerprint density at radius 3 is 2.07 bits per heavy atom. The Balaban J connectivity index is 1.21. The third kappa shape index (κ3) is 6.14. The van der Waals surface area contributed by atoms with Crippen molar-refractivity contribution >= 4 is 27.5 Å². The predicted molar refractivity (Wildman–Crippen MR) is 165 cm³/mol. The first-order valence-electron chi connectivity index (χ1n) is 14.0. The van der Waals surface area contributed by atoms with Gasteiger partial charge in [-0.05, 0) is 56.8 Å². The van der Waals surface area contributed by atoms with E-state index in [9.17, 15) is 4.79 Å². The van der Waals surface area contributed by atoms with Crippen LogP contribution in [0.25, 0.3) is 43.8 Å². The molecule has 0 amide bonds. The van der Waals surface area contributed by atoms with Crippen molar-refractivity contribution in [3.8, 4) is 28.0 Å². The van der Waals surface area contributed by atoms with Gasteiger partial charge < -0.3 is 14.6 Å². The van der Waals surface area contributed by atoms with Gasteiger partial charge in [0, 0.05) is 47.5 Å². The largest absolute Gasteiger partial charge is 0.493 e. The molecule has 0 aliphatic heterocycles. The number of carboxylic acids is 1. The molecule has 0 fully saturated rings. The Hall–Kier alpha value is -5.07. The minimum absolute atomic E-state index is 0.0272. The Labute approximate surface area is 244 Å². The van der Waals surface area contributed by atoms with Crippen molar-refractivity contribution < 1.29 is 19.4 Å². The van der Waals surface area contributed by atoms with Crippen molar-refractivity contribution in [2.75, 3.05) is 13.2 Å². The normalized spacial score (nSPS) is 11.1. The lowest BCUT2D eigenvalue weighted by molar-refractivity contribution is -0.138. The maximum absolute atomic E-state index is 10.8. The van der Waals surface area contributed by atoms with Crippen LogP contribution in [0.2, 0.25) is 0 Å². The fourth-order valence-corrected chi connectivity index (χ4v) is 5.19. The minimum Gasteiger partial charge on any atom is -0.493 e. The number of carbonyl (C=O) groups is 1. The van der Waals surface area contributed by atoms with Crippen LogP contribution in [0.1, 0.15) is 17.5 Å². The second kappa shape index (κ2) is 12.6. The smallest absolute Gasteiger partial charge is 0.305 e. The number of hydrogen-bond donors (Lipinski definition) is 1. The monoisotopic (exact) mass is 554 g/mol. The Kier molecular flexibility index (Phi) is 8.15. The second-order valence-corrected chi connectivity index (χ2v) is 10.1. The lowest BCUT2D eigenvalue weighted by Crippen LogP contribution is -2.05. The molecule has 6 heteroatoms. The highest BCUT2D eigenvalue weighted by atomic mass is 16.5. The molecule has 0 aliphatic carbocycles. The molecule has 6 rings (SSSR count). The number of aromatic nitrogens is 2. The summed E-state index contributed by atoms with van der Waals surface area (Å²) >= 11 is 0. The molecule has 0 radical (unpaired) electrons. The topological polar surface area (TPSA) is 81.5 Å². The first-order valence-corrected chi connectivity index (χ1v) is 14.0. The molecule has 0 saturated carbocycles. The highest BCUT2D eigenvalue weighted by Gasteiger charge is 2.12. The number of ether oxygens (including phenoxy) is 2. The molecule has 0 saturated heterocycles. The molecule has 0 spiro atoms. The summed E-state index contributed by atoms with van der Waals surface area (Å²) < 4.78 is 12.0. The van der Waals surface area contributed by atoms with Crippen LogP contribution < -0.4 is 4.74 Å². The quantitative estimate of drug-likeness (QED) is 0.165. The van der Waals surface area contributed by atoms with Gasteiger partial charge in [-0.15, -0.1) is 0 Å². The molecule has 208 valence electrons. The first-order chi connectivity index (χ1) is 20.7. The molecule has 4 aromatic carbocycles. The van der Waals surface area contributed by atoms with Crippen LogP contribution in [-0.2, 0) is 22.6 Å². The fraction of sp³-hybridized carbons (Fsp3) is 0.139. The summed E-state index contributed by atoms with van der Waals surface area (Å²) in [6.07, 6.45) is 8.13. The average molecular weight is 555 g/mol. The van der Waals surface area contributed by atoms with Gasteiger partial charge >= 0.3 is 5.97 Å². The molecule has 0 bridgehead atoms. The molecule has 0 unspecified atom stereocenters. The lowest BCUT2D eigenvalue weighted by Gasteiger charge is -2.15. The highest BCUT2D eigenvalue weighted by Crippen LogP contribution is 2.36. The van der Waals surface area contributed by atoms with Gasteiger partial charge in [0.15, 0.2) is 0 Å². The van der Waals surface area contributed by atoms with E-state index in [1.165, 1.54) is 16.5 Å². The van der Waals surface area contributed by atoms with Gasteiger partial charge in [-0.1, -0.05) is 72.8 Å². The molecular formula is C36H30N2O4. The Morgan fingerprint density at radius 2 is 1.36 bits per heavy atom. The van der Waals surface area contributed by atoms with Gasteiger partial charge in [0.2, 0.25) is 0 Å². The van der Waals surface area contributed by atoms with Crippen LogP contribution in [0, 0.1) is 0 Å². The SMILES string of the molecule is O=C(O)CCOCc1ccc(-c2cccc3ccncc23)c(OCCc2ccc(-c3cccc4ccncc34)cc2)c1. The number of benzene rings is 4. The van der Waals surface area contributed by atoms with Crippen LogP contribution in [0.15, 0.2) is 116 Å². The number of aliphatic carboxylic acids is 1. The number of rotatable bonds is 11. The first kappa shape index (κ1) is 27.1. The zero-order valence-corrected chi connectivity index (χ0v) is 23.1. The summed E-state index contributed by atoms with van der Waals surface area (Å²) in [7, 11) is 0. The van der Waals surface area contributed by atoms with E-state index >= 15 is 0 Å². The molecular weight excluding hydrogens is 524 g/mol. The molecule has 1 N–H and O–H groups in total. The van der Waals surface area contributed by atoms with Gasteiger partial charge in [0.05, 0.1) is 26.2 Å². The van der Waals surface area contributed by atoms with E-state index in [0.29, 0.717) is 13.2 Å². The van der Waals surface area contributed by atoms with Crippen LogP contribution >= 0.6 is 0 Å². The second-order valence-electron chi connectivity index (χ2n) is 10.1. The molecule has 2 heterocycles. The van der Waals surface area contributed by atoms with E-state index in [1.54, 1.807) is 6.20 Å². The van der Waals surface area contributed by atoms with Gasteiger partial charge in [0.1, 0.15) is 5.75 Å². The Morgan fingerprint density at radius 1 is 0.690 bits per heavy atom. The van der Waals surface area contributed by atoms with Gasteiger partial charge in [-0.25, -0.2) is 0 Å². The number of nitrogens with zero attached hydrogens (tertiary/aromatic N) is 2. The fourth-order valence-electron chi connectivity index (χ4n) is 5.19. The zero-order valence-electron chi connectivity index (χ0n) is 23.1. The van der Waals surface area contributed by atoms with E-state index in [1.807, 2.05) is 55.0 Å². The molecule has 42 heavy (non-hydrogen) atoms. The van der Waals surface area contributed by atoms with Crippen molar-refractivity contribution in [2.24, 2.45) is 0 Å². The van der Waals surface area contributed by atoms with Gasteiger partial charge in [-0.3, -0.25) is 14.8 Å². The van der Waals surface area contributed by atoms with Gasteiger partial charge in [-0.2, -0.15) is 0 Å². The number of fused-ring (bicyclic) bond motifs is 2. The van der Waals surface area contributed by atoms with E-state index in [4.69, 9.17) is 14.6 Å². The summed E-state index contributed by atoms with van der Waals surface area (Å²) in [6.45, 7) is 0.969. The van der Waals surface area contributed by atoms with E-state index in [2.05, 4.69) is 64.6 Å². The third-order valence-electron chi connectivity index (χ3n) is 7.35. The molecule has 2 aromatic heterocycles. The van der Waals surface area contributed by atoms with E-state index in [0.717, 1.165) is 50.6 Å². The number of pyridine rings is 2. The molecule has 0 atom stereocenters. The van der Waals surface area contributed by atoms with Crippen LogP contribution in [0.4, 0.5) is 0 Å². The predicted octanol–water partition coefficient (Wildman–Crippen LogP) is 7.73. The summed E-state index contributed by atoms with van der Waals surface area (Å²) in [5.41, 5.74) is 6.44. The number of carboxylic acid groups (broad SMARTS) is 1. The molecule has 6 aromatic rings. The summed E-state index contributed by atoms with van der Waals surface area (Å²) in [5.74, 6) is -0.119. The summed E-state index contributed by atoms with van der Waals surface area (Å²) in [6, 6.07) is 31.2. The molecule has 0 aliphatic rings. The van der Waals surface area contributed by atoms with Crippen molar-refractivity contribution in [3.63, 3.8) is 0 Å². The zero-order chi connectivity index (χ0) is 28.7. The van der Waals surface area contributed by atoms with Crippen LogP contribution in [0.3, 0.4) is 0 Å². The van der Waals surface area contributed by atoms with Gasteiger partial charge in [0.25, 0.3) is 0 Å². The van der Waals surface area contributed by atoms with E-state index in [-0.39, 0.29) is 13.0 Å². The van der Waals surface area contributed by atoms with Crippen LogP contribution in [0.5, 0.6) is 5.75 Å². The summed E-state index contributed by atoms with van der Waals surface area (Å²) in [4.78, 5) is 19.5. The average Bonchev–Trinajstić information content (AvgIpc) is 3.03. The van der Waals surface area contributed by atoms with Crippen molar-refractivity contribution in [1.29, 1.82) is 0 Å². The minimum atomic E-state index is -0.874. The lowest BCUT2D eigenvalue weighted by atomic mass is 9.97. The summed E-state index contributed by atoms with van der Waals surface area (Å²) in [5, 5.41) is 13.4. The van der Waals surface area contributed by atoms with Crippen LogP contribution in [-0.4, -0.2) is 34.3 Å². The Bertz CT molecular complexity index is 1840. The van der Waals surface area contributed by atoms with Crippen molar-refractivity contribution in [2.45, 2.75) is 19.4 Å². The maximum atomic E-state index is 10.8. The standard InChI is InChI=1S/C36H30N2O4/c39-36(40)16-19-41-24-26-9-12-32(31-6-2-4-28-14-18-38-23-34(28)31)35(21-26)42-20-15-25-7-10-29(11-8-25)30-5-1-3-27-13-17-37-22-33(27)30/h1-14,17-18,21-23H,15-16,19-20,24H2,(H,39,40). The highest BCUT2D eigenvalue weighted by molar-refractivity contribution is 5.97. The number of hydrogen-bond acceptors (Lipinski definition) is 5. The van der Waals surface area contributed by atoms with Crippen molar-refractivity contribution in [1.82, 2.24) is 9.97 Å². The van der Waals surface area contributed by atoms with Crippen molar-refractivity contribution in [3.05, 3.63) is 127 Å². The van der Waals surface area contributed by atoms with E-state index < -0.39 is 5.97 Å². The third-order valence-corrected chi connectivity index (χ3v) is 7.35.